The SMILES string of the molecule is CNC(CS(=O)C1CCCC(C)C1)C1CCCC1. The Morgan fingerprint density at radius 3 is 2.50 bits per heavy atom. The first-order chi connectivity index (χ1) is 8.70. The molecule has 2 aliphatic carbocycles. The molecule has 3 heteroatoms. The summed E-state index contributed by atoms with van der Waals surface area (Å²) < 4.78 is 12.5. The highest BCUT2D eigenvalue weighted by molar-refractivity contribution is 7.85. The molecule has 0 aromatic heterocycles. The van der Waals surface area contributed by atoms with Crippen LogP contribution in [0.25, 0.3) is 0 Å². The summed E-state index contributed by atoms with van der Waals surface area (Å²) in [6.45, 7) is 2.32. The summed E-state index contributed by atoms with van der Waals surface area (Å²) in [5.41, 5.74) is 0. The fourth-order valence-corrected chi connectivity index (χ4v) is 5.78. The Bertz CT molecular complexity index is 276. The first-order valence-electron chi connectivity index (χ1n) is 7.75. The van der Waals surface area contributed by atoms with E-state index in [0.29, 0.717) is 11.3 Å². The predicted octanol–water partition coefficient (Wildman–Crippen LogP) is 3.09. The van der Waals surface area contributed by atoms with Gasteiger partial charge in [-0.2, -0.15) is 0 Å². The first kappa shape index (κ1) is 14.5. The smallest absolute Gasteiger partial charge is 0.0394 e. The monoisotopic (exact) mass is 271 g/mol. The molecule has 0 amide bonds. The van der Waals surface area contributed by atoms with Crippen molar-refractivity contribution in [3.05, 3.63) is 0 Å². The topological polar surface area (TPSA) is 29.1 Å². The van der Waals surface area contributed by atoms with E-state index in [9.17, 15) is 4.21 Å². The third kappa shape index (κ3) is 3.80. The van der Waals surface area contributed by atoms with Crippen LogP contribution in [-0.2, 0) is 10.8 Å². The van der Waals surface area contributed by atoms with Gasteiger partial charge >= 0.3 is 0 Å². The Balaban J connectivity index is 1.84. The molecule has 2 rings (SSSR count). The second-order valence-corrected chi connectivity index (χ2v) is 8.14. The van der Waals surface area contributed by atoms with E-state index in [1.165, 1.54) is 51.4 Å². The van der Waals surface area contributed by atoms with Gasteiger partial charge in [-0.15, -0.1) is 0 Å². The van der Waals surface area contributed by atoms with Crippen molar-refractivity contribution in [2.75, 3.05) is 12.8 Å². The van der Waals surface area contributed by atoms with Gasteiger partial charge in [-0.1, -0.05) is 32.6 Å². The van der Waals surface area contributed by atoms with Crippen LogP contribution >= 0.6 is 0 Å². The Labute approximate surface area is 115 Å². The number of hydrogen-bond donors (Lipinski definition) is 1. The number of rotatable bonds is 5. The van der Waals surface area contributed by atoms with Gasteiger partial charge < -0.3 is 5.32 Å². The van der Waals surface area contributed by atoms with E-state index < -0.39 is 10.8 Å². The van der Waals surface area contributed by atoms with Crippen molar-refractivity contribution < 1.29 is 4.21 Å². The van der Waals surface area contributed by atoms with Gasteiger partial charge in [0.05, 0.1) is 0 Å². The van der Waals surface area contributed by atoms with E-state index in [0.717, 1.165) is 17.6 Å². The lowest BCUT2D eigenvalue weighted by Gasteiger charge is -2.29. The Morgan fingerprint density at radius 1 is 1.17 bits per heavy atom. The average molecular weight is 271 g/mol. The Morgan fingerprint density at radius 2 is 1.89 bits per heavy atom. The van der Waals surface area contributed by atoms with Crippen LogP contribution in [0.4, 0.5) is 0 Å². The Kier molecular flexibility index (Phi) is 5.68. The second-order valence-electron chi connectivity index (χ2n) is 6.38. The maximum absolute atomic E-state index is 12.5. The lowest BCUT2D eigenvalue weighted by molar-refractivity contribution is 0.382. The van der Waals surface area contributed by atoms with E-state index >= 15 is 0 Å². The molecule has 18 heavy (non-hydrogen) atoms. The molecular weight excluding hydrogens is 242 g/mol. The van der Waals surface area contributed by atoms with Crippen LogP contribution in [0, 0.1) is 11.8 Å². The van der Waals surface area contributed by atoms with Crippen LogP contribution in [0.5, 0.6) is 0 Å². The maximum atomic E-state index is 12.5. The zero-order valence-corrected chi connectivity index (χ0v) is 12.8. The van der Waals surface area contributed by atoms with Gasteiger partial charge in [0.25, 0.3) is 0 Å². The van der Waals surface area contributed by atoms with E-state index in [1.807, 2.05) is 7.05 Å². The molecule has 0 radical (unpaired) electrons. The molecule has 2 saturated carbocycles. The fraction of sp³-hybridized carbons (Fsp3) is 1.00. The third-order valence-electron chi connectivity index (χ3n) is 4.94. The van der Waals surface area contributed by atoms with Crippen molar-refractivity contribution >= 4 is 10.8 Å². The minimum Gasteiger partial charge on any atom is -0.316 e. The number of hydrogen-bond acceptors (Lipinski definition) is 2. The summed E-state index contributed by atoms with van der Waals surface area (Å²) in [6, 6.07) is 0.491. The molecule has 0 bridgehead atoms. The molecule has 2 nitrogen and oxygen atoms in total. The van der Waals surface area contributed by atoms with Gasteiger partial charge in [0.2, 0.25) is 0 Å². The van der Waals surface area contributed by atoms with E-state index in [-0.39, 0.29) is 0 Å². The highest BCUT2D eigenvalue weighted by atomic mass is 32.2. The van der Waals surface area contributed by atoms with Crippen LogP contribution in [0.1, 0.15) is 58.3 Å². The zero-order chi connectivity index (χ0) is 13.0. The Hall–Kier alpha value is 0.110. The fourth-order valence-electron chi connectivity index (χ4n) is 3.75. The molecular formula is C15H29NOS. The van der Waals surface area contributed by atoms with Gasteiger partial charge in [-0.25, -0.2) is 0 Å². The standard InChI is InChI=1S/C15H29NOS/c1-12-6-5-9-14(10-12)18(17)11-15(16-2)13-7-3-4-8-13/h12-16H,3-11H2,1-2H3. The highest BCUT2D eigenvalue weighted by Crippen LogP contribution is 2.31. The molecule has 106 valence electrons. The van der Waals surface area contributed by atoms with Crippen LogP contribution in [0.2, 0.25) is 0 Å². The molecule has 4 atom stereocenters. The quantitative estimate of drug-likeness (QED) is 0.832. The summed E-state index contributed by atoms with van der Waals surface area (Å²) in [4.78, 5) is 0. The molecule has 0 aliphatic heterocycles. The van der Waals surface area contributed by atoms with Gasteiger partial charge in [0.15, 0.2) is 0 Å². The molecule has 2 aliphatic rings. The third-order valence-corrected chi connectivity index (χ3v) is 6.80. The van der Waals surface area contributed by atoms with E-state index in [4.69, 9.17) is 0 Å². The molecule has 0 aromatic carbocycles. The maximum Gasteiger partial charge on any atom is 0.0394 e. The summed E-state index contributed by atoms with van der Waals surface area (Å²) in [5, 5.41) is 3.91. The van der Waals surface area contributed by atoms with Gasteiger partial charge in [-0.3, -0.25) is 4.21 Å². The summed E-state index contributed by atoms with van der Waals surface area (Å²) in [7, 11) is 1.43. The van der Waals surface area contributed by atoms with Crippen molar-refractivity contribution in [1.82, 2.24) is 5.32 Å². The zero-order valence-electron chi connectivity index (χ0n) is 12.0. The molecule has 0 saturated heterocycles. The lowest BCUT2D eigenvalue weighted by Crippen LogP contribution is -2.40. The molecule has 0 aromatic rings. The van der Waals surface area contributed by atoms with Crippen LogP contribution in [0.15, 0.2) is 0 Å². The molecule has 0 heterocycles. The molecule has 0 spiro atoms. The van der Waals surface area contributed by atoms with Crippen molar-refractivity contribution in [2.24, 2.45) is 11.8 Å². The van der Waals surface area contributed by atoms with Crippen LogP contribution in [-0.4, -0.2) is 28.3 Å². The summed E-state index contributed by atoms with van der Waals surface area (Å²) >= 11 is 0. The minimum atomic E-state index is -0.616. The minimum absolute atomic E-state index is 0.478. The predicted molar refractivity (Wildman–Crippen MR) is 79.2 cm³/mol. The lowest BCUT2D eigenvalue weighted by atomic mass is 9.91. The summed E-state index contributed by atoms with van der Waals surface area (Å²) in [6.07, 6.45) is 10.4. The van der Waals surface area contributed by atoms with E-state index in [2.05, 4.69) is 12.2 Å². The first-order valence-corrected chi connectivity index (χ1v) is 9.13. The van der Waals surface area contributed by atoms with Crippen molar-refractivity contribution in [2.45, 2.75) is 69.6 Å². The van der Waals surface area contributed by atoms with E-state index in [1.54, 1.807) is 0 Å². The summed E-state index contributed by atoms with van der Waals surface area (Å²) in [5.74, 6) is 2.45. The largest absolute Gasteiger partial charge is 0.316 e. The molecule has 1 N–H and O–H groups in total. The van der Waals surface area contributed by atoms with Crippen molar-refractivity contribution in [3.8, 4) is 0 Å². The van der Waals surface area contributed by atoms with Gasteiger partial charge in [-0.05, 0) is 44.6 Å². The molecule has 4 unspecified atom stereocenters. The van der Waals surface area contributed by atoms with Crippen LogP contribution in [0.3, 0.4) is 0 Å². The second kappa shape index (κ2) is 7.04. The van der Waals surface area contributed by atoms with Crippen molar-refractivity contribution in [3.63, 3.8) is 0 Å². The highest BCUT2D eigenvalue weighted by Gasteiger charge is 2.29. The average Bonchev–Trinajstić information content (AvgIpc) is 2.89. The number of nitrogens with one attached hydrogen (secondary N) is 1. The van der Waals surface area contributed by atoms with Gasteiger partial charge in [0.1, 0.15) is 0 Å². The van der Waals surface area contributed by atoms with Crippen LogP contribution < -0.4 is 5.32 Å². The normalized spacial score (nSPS) is 33.4. The van der Waals surface area contributed by atoms with Crippen molar-refractivity contribution in [1.29, 1.82) is 0 Å². The van der Waals surface area contributed by atoms with Gasteiger partial charge in [0, 0.05) is 27.8 Å². The molecule has 2 fully saturated rings.